The number of nitrogens with zero attached hydrogens (tertiary/aromatic N) is 3. The Bertz CT molecular complexity index is 1260. The number of ether oxygens (including phenoxy) is 1. The Balaban J connectivity index is 1.94. The topological polar surface area (TPSA) is 111 Å². The van der Waals surface area contributed by atoms with Crippen molar-refractivity contribution >= 4 is 40.6 Å². The van der Waals surface area contributed by atoms with Crippen molar-refractivity contribution in [3.05, 3.63) is 70.8 Å². The average Bonchev–Trinajstić information content (AvgIpc) is 3.26. The first-order valence-electron chi connectivity index (χ1n) is 10.3. The highest BCUT2D eigenvalue weighted by molar-refractivity contribution is 6.31. The van der Waals surface area contributed by atoms with Crippen LogP contribution >= 0.6 is 11.6 Å². The highest BCUT2D eigenvalue weighted by atomic mass is 35.5. The smallest absolute Gasteiger partial charge is 0.334 e. The molecule has 0 saturated carbocycles. The van der Waals surface area contributed by atoms with Crippen molar-refractivity contribution in [1.29, 1.82) is 10.5 Å². The van der Waals surface area contributed by atoms with Gasteiger partial charge in [-0.05, 0) is 43.2 Å². The minimum absolute atomic E-state index is 0.0604. The minimum Gasteiger partial charge on any atom is -0.463 e. The molecule has 4 rings (SSSR count). The monoisotopic (exact) mass is 459 g/mol. The number of amides is 2. The van der Waals surface area contributed by atoms with Crippen LogP contribution in [0.5, 0.6) is 0 Å². The summed E-state index contributed by atoms with van der Waals surface area (Å²) in [6, 6.07) is 18.6. The molecule has 7 nitrogen and oxygen atoms in total. The van der Waals surface area contributed by atoms with Gasteiger partial charge in [-0.1, -0.05) is 41.9 Å². The van der Waals surface area contributed by atoms with Crippen molar-refractivity contribution in [2.45, 2.75) is 19.8 Å². The maximum absolute atomic E-state index is 13.9. The van der Waals surface area contributed by atoms with Crippen LogP contribution in [0.3, 0.4) is 0 Å². The predicted molar refractivity (Wildman–Crippen MR) is 119 cm³/mol. The minimum atomic E-state index is -2.07. The number of carbonyl (C=O) groups is 3. The lowest BCUT2D eigenvalue weighted by atomic mass is 9.62. The van der Waals surface area contributed by atoms with Gasteiger partial charge in [0.2, 0.25) is 11.8 Å². The summed E-state index contributed by atoms with van der Waals surface area (Å²) in [6.07, 6.45) is -0.652. The van der Waals surface area contributed by atoms with Gasteiger partial charge in [0.15, 0.2) is 5.41 Å². The summed E-state index contributed by atoms with van der Waals surface area (Å²) < 4.78 is 5.21. The number of carbonyl (C=O) groups excluding carboxylic acids is 3. The first-order chi connectivity index (χ1) is 15.8. The van der Waals surface area contributed by atoms with E-state index < -0.39 is 35.0 Å². The molecule has 1 saturated heterocycles. The summed E-state index contributed by atoms with van der Waals surface area (Å²) in [5, 5.41) is 21.1. The molecule has 2 aromatic carbocycles. The summed E-state index contributed by atoms with van der Waals surface area (Å²) in [6.45, 7) is 1.72. The number of halogens is 1. The van der Waals surface area contributed by atoms with E-state index in [2.05, 4.69) is 0 Å². The molecule has 1 fully saturated rings. The molecule has 1 atom stereocenters. The lowest BCUT2D eigenvalue weighted by molar-refractivity contribution is -0.138. The van der Waals surface area contributed by atoms with Gasteiger partial charge in [0.25, 0.3) is 0 Å². The standard InChI is InChI=1S/C25H18ClN3O4/c1-2-33-22(31)19-12-24(25(14-27,15-28)21(19)16-6-4-3-5-7-16)13-20(30)29(23(24)32)18-10-8-17(26)9-11-18/h3-11H,2,12-13H2,1H3. The van der Waals surface area contributed by atoms with Gasteiger partial charge in [0.05, 0.1) is 29.8 Å². The number of hydrogen-bond donors (Lipinski definition) is 0. The van der Waals surface area contributed by atoms with E-state index in [4.69, 9.17) is 16.3 Å². The quantitative estimate of drug-likeness (QED) is 0.503. The second kappa shape index (κ2) is 8.20. The van der Waals surface area contributed by atoms with Gasteiger partial charge < -0.3 is 4.74 Å². The molecule has 0 radical (unpaired) electrons. The molecule has 2 aliphatic rings. The van der Waals surface area contributed by atoms with E-state index in [1.165, 1.54) is 24.3 Å². The average molecular weight is 460 g/mol. The molecular weight excluding hydrogens is 442 g/mol. The second-order valence-electron chi connectivity index (χ2n) is 7.86. The van der Waals surface area contributed by atoms with Crippen molar-refractivity contribution in [1.82, 2.24) is 0 Å². The number of allylic oxidation sites excluding steroid dienone is 1. The van der Waals surface area contributed by atoms with Crippen LogP contribution in [0.1, 0.15) is 25.3 Å². The highest BCUT2D eigenvalue weighted by Gasteiger charge is 2.71. The van der Waals surface area contributed by atoms with Gasteiger partial charge in [0, 0.05) is 22.6 Å². The first-order valence-corrected chi connectivity index (χ1v) is 10.6. The second-order valence-corrected chi connectivity index (χ2v) is 8.30. The van der Waals surface area contributed by atoms with E-state index in [1.54, 1.807) is 37.3 Å². The molecule has 2 amide bonds. The van der Waals surface area contributed by atoms with Crippen molar-refractivity contribution in [3.8, 4) is 12.1 Å². The number of imide groups is 1. The van der Waals surface area contributed by atoms with E-state index >= 15 is 0 Å². The number of anilines is 1. The van der Waals surface area contributed by atoms with Crippen LogP contribution in [-0.2, 0) is 19.1 Å². The van der Waals surface area contributed by atoms with Crippen LogP contribution in [0.4, 0.5) is 5.69 Å². The van der Waals surface area contributed by atoms with Gasteiger partial charge in [0.1, 0.15) is 0 Å². The van der Waals surface area contributed by atoms with Crippen molar-refractivity contribution in [2.75, 3.05) is 11.5 Å². The van der Waals surface area contributed by atoms with Crippen molar-refractivity contribution in [2.24, 2.45) is 10.8 Å². The van der Waals surface area contributed by atoms with E-state index in [0.29, 0.717) is 10.6 Å². The van der Waals surface area contributed by atoms with Crippen molar-refractivity contribution < 1.29 is 19.1 Å². The summed E-state index contributed by atoms with van der Waals surface area (Å²) in [4.78, 5) is 40.9. The van der Waals surface area contributed by atoms with Crippen LogP contribution in [0.2, 0.25) is 5.02 Å². The number of rotatable bonds is 4. The SMILES string of the molecule is CCOC(=O)C1=C(c2ccccc2)C(C#N)(C#N)C2(CC(=O)N(c3ccc(Cl)cc3)C2=O)C1. The van der Waals surface area contributed by atoms with Gasteiger partial charge in [-0.3, -0.25) is 9.59 Å². The largest absolute Gasteiger partial charge is 0.463 e. The Labute approximate surface area is 195 Å². The van der Waals surface area contributed by atoms with E-state index in [9.17, 15) is 24.9 Å². The van der Waals surface area contributed by atoms with Gasteiger partial charge in [-0.15, -0.1) is 0 Å². The maximum atomic E-state index is 13.9. The Morgan fingerprint density at radius 1 is 1.06 bits per heavy atom. The fraction of sp³-hybridized carbons (Fsp3) is 0.240. The zero-order valence-corrected chi connectivity index (χ0v) is 18.4. The number of nitriles is 2. The van der Waals surface area contributed by atoms with Crippen molar-refractivity contribution in [3.63, 3.8) is 0 Å². The molecule has 0 N–H and O–H groups in total. The maximum Gasteiger partial charge on any atom is 0.334 e. The summed E-state index contributed by atoms with van der Waals surface area (Å²) >= 11 is 5.94. The zero-order chi connectivity index (χ0) is 23.8. The molecule has 0 aromatic heterocycles. The zero-order valence-electron chi connectivity index (χ0n) is 17.7. The summed E-state index contributed by atoms with van der Waals surface area (Å²) in [7, 11) is 0. The number of esters is 1. The molecular formula is C25H18ClN3O4. The van der Waals surface area contributed by atoms with Gasteiger partial charge in [-0.2, -0.15) is 10.5 Å². The molecule has 164 valence electrons. The molecule has 1 aliphatic heterocycles. The van der Waals surface area contributed by atoms with Crippen LogP contribution < -0.4 is 4.90 Å². The van der Waals surface area contributed by atoms with Crippen LogP contribution in [0.25, 0.3) is 5.57 Å². The molecule has 33 heavy (non-hydrogen) atoms. The predicted octanol–water partition coefficient (Wildman–Crippen LogP) is 4.04. The fourth-order valence-electron chi connectivity index (χ4n) is 4.75. The van der Waals surface area contributed by atoms with Crippen LogP contribution in [0.15, 0.2) is 60.2 Å². The van der Waals surface area contributed by atoms with E-state index in [-0.39, 0.29) is 29.9 Å². The molecule has 1 spiro atoms. The third-order valence-corrected chi connectivity index (χ3v) is 6.44. The molecule has 0 bridgehead atoms. The van der Waals surface area contributed by atoms with E-state index in [0.717, 1.165) is 4.90 Å². The molecule has 2 aromatic rings. The third-order valence-electron chi connectivity index (χ3n) is 6.19. The molecule has 8 heteroatoms. The van der Waals surface area contributed by atoms with E-state index in [1.807, 2.05) is 12.1 Å². The summed E-state index contributed by atoms with van der Waals surface area (Å²) in [5.74, 6) is -1.98. The molecule has 1 heterocycles. The molecule has 1 unspecified atom stereocenters. The third kappa shape index (κ3) is 3.13. The number of benzene rings is 2. The Morgan fingerprint density at radius 2 is 1.70 bits per heavy atom. The fourth-order valence-corrected chi connectivity index (χ4v) is 4.88. The first kappa shape index (κ1) is 22.3. The summed E-state index contributed by atoms with van der Waals surface area (Å²) in [5.41, 5.74) is -2.92. The van der Waals surface area contributed by atoms with Gasteiger partial charge >= 0.3 is 5.97 Å². The lowest BCUT2D eigenvalue weighted by Crippen LogP contribution is -2.44. The number of hydrogen-bond acceptors (Lipinski definition) is 6. The van der Waals surface area contributed by atoms with Crippen LogP contribution in [0, 0.1) is 33.5 Å². The molecule has 1 aliphatic carbocycles. The lowest BCUT2D eigenvalue weighted by Gasteiger charge is -2.32. The Morgan fingerprint density at radius 3 is 2.27 bits per heavy atom. The highest BCUT2D eigenvalue weighted by Crippen LogP contribution is 2.64. The van der Waals surface area contributed by atoms with Crippen LogP contribution in [-0.4, -0.2) is 24.4 Å². The normalized spacial score (nSPS) is 21.3. The Kier molecular flexibility index (Phi) is 5.53. The van der Waals surface area contributed by atoms with Gasteiger partial charge in [-0.25, -0.2) is 9.69 Å². The Hall–Kier alpha value is -3.94.